The molecule has 4 nitrogen and oxygen atoms in total. The molecule has 2 aromatic carbocycles. The van der Waals surface area contributed by atoms with E-state index in [0.29, 0.717) is 18.7 Å². The van der Waals surface area contributed by atoms with Gasteiger partial charge in [0.15, 0.2) is 0 Å². The van der Waals surface area contributed by atoms with E-state index in [1.165, 1.54) is 0 Å². The van der Waals surface area contributed by atoms with Crippen LogP contribution in [0, 0.1) is 11.3 Å². The van der Waals surface area contributed by atoms with Crippen LogP contribution in [0.2, 0.25) is 0 Å². The fourth-order valence-corrected chi connectivity index (χ4v) is 2.09. The number of carbonyl (C=O) groups is 1. The van der Waals surface area contributed by atoms with Crippen molar-refractivity contribution in [3.05, 3.63) is 71.3 Å². The van der Waals surface area contributed by atoms with Crippen LogP contribution in [0.25, 0.3) is 0 Å². The molecule has 1 unspecified atom stereocenters. The van der Waals surface area contributed by atoms with E-state index in [0.717, 1.165) is 11.1 Å². The van der Waals surface area contributed by atoms with Gasteiger partial charge in [-0.15, -0.1) is 0 Å². The maximum atomic E-state index is 11.3. The van der Waals surface area contributed by atoms with Crippen LogP contribution < -0.4 is 5.32 Å². The lowest BCUT2D eigenvalue weighted by molar-refractivity contribution is -0.138. The predicted octanol–water partition coefficient (Wildman–Crippen LogP) is 2.52. The quantitative estimate of drug-likeness (QED) is 0.852. The van der Waals surface area contributed by atoms with E-state index >= 15 is 0 Å². The smallest absolute Gasteiger partial charge is 0.312 e. The first-order valence-corrected chi connectivity index (χ1v) is 6.68. The second kappa shape index (κ2) is 7.22. The summed E-state index contributed by atoms with van der Waals surface area (Å²) in [4.78, 5) is 11.3. The maximum Gasteiger partial charge on any atom is 0.312 e. The topological polar surface area (TPSA) is 73.1 Å². The Balaban J connectivity index is 1.93. The highest BCUT2D eigenvalue weighted by atomic mass is 16.4. The van der Waals surface area contributed by atoms with Crippen molar-refractivity contribution in [2.24, 2.45) is 0 Å². The minimum atomic E-state index is -0.839. The molecule has 0 saturated heterocycles. The van der Waals surface area contributed by atoms with E-state index in [2.05, 4.69) is 11.4 Å². The van der Waals surface area contributed by atoms with Gasteiger partial charge in [-0.25, -0.2) is 0 Å². The molecule has 2 N–H and O–H groups in total. The van der Waals surface area contributed by atoms with Gasteiger partial charge in [0.1, 0.15) is 0 Å². The van der Waals surface area contributed by atoms with Gasteiger partial charge < -0.3 is 10.4 Å². The van der Waals surface area contributed by atoms with Crippen LogP contribution in [0.1, 0.15) is 22.6 Å². The highest BCUT2D eigenvalue weighted by Crippen LogP contribution is 2.15. The molecule has 0 saturated carbocycles. The van der Waals surface area contributed by atoms with E-state index in [9.17, 15) is 9.90 Å². The van der Waals surface area contributed by atoms with Crippen molar-refractivity contribution in [3.8, 4) is 6.07 Å². The molecule has 0 fully saturated rings. The van der Waals surface area contributed by atoms with Crippen molar-refractivity contribution in [1.29, 1.82) is 5.26 Å². The summed E-state index contributed by atoms with van der Waals surface area (Å²) in [5, 5.41) is 21.2. The molecule has 0 aliphatic heterocycles. The van der Waals surface area contributed by atoms with Crippen molar-refractivity contribution < 1.29 is 9.90 Å². The first kappa shape index (κ1) is 14.8. The molecule has 0 amide bonds. The first-order chi connectivity index (χ1) is 10.2. The van der Waals surface area contributed by atoms with Crippen molar-refractivity contribution in [2.75, 3.05) is 6.54 Å². The molecule has 0 heterocycles. The highest BCUT2D eigenvalue weighted by Gasteiger charge is 2.18. The summed E-state index contributed by atoms with van der Waals surface area (Å²) in [5.41, 5.74) is 2.43. The molecule has 2 aromatic rings. The molecular formula is C17H16N2O2. The molecular weight excluding hydrogens is 264 g/mol. The summed E-state index contributed by atoms with van der Waals surface area (Å²) in [6.07, 6.45) is 0. The Bertz CT molecular complexity index is 630. The van der Waals surface area contributed by atoms with Crippen molar-refractivity contribution in [3.63, 3.8) is 0 Å². The van der Waals surface area contributed by atoms with Gasteiger partial charge in [0.05, 0.1) is 17.6 Å². The number of carboxylic acids is 1. The molecule has 2 rings (SSSR count). The third kappa shape index (κ3) is 4.16. The molecule has 0 bridgehead atoms. The summed E-state index contributed by atoms with van der Waals surface area (Å²) in [6, 6.07) is 18.5. The van der Waals surface area contributed by atoms with Crippen LogP contribution in [-0.2, 0) is 11.3 Å². The lowest BCUT2D eigenvalue weighted by atomic mass is 9.99. The lowest BCUT2D eigenvalue weighted by Gasteiger charge is -2.13. The van der Waals surface area contributed by atoms with Gasteiger partial charge in [-0.3, -0.25) is 4.79 Å². The molecule has 1 atom stereocenters. The van der Waals surface area contributed by atoms with Crippen LogP contribution in [0.3, 0.4) is 0 Å². The summed E-state index contributed by atoms with van der Waals surface area (Å²) < 4.78 is 0. The van der Waals surface area contributed by atoms with Crippen molar-refractivity contribution in [2.45, 2.75) is 12.5 Å². The Morgan fingerprint density at radius 1 is 1.14 bits per heavy atom. The second-order valence-electron chi connectivity index (χ2n) is 4.74. The standard InChI is InChI=1S/C17H16N2O2/c18-10-13-6-8-14(9-7-13)11-19-12-16(17(20)21)15-4-2-1-3-5-15/h1-9,16,19H,11-12H2,(H,20,21). The molecule has 0 spiro atoms. The first-order valence-electron chi connectivity index (χ1n) is 6.68. The molecule has 0 aliphatic carbocycles. The van der Waals surface area contributed by atoms with Crippen molar-refractivity contribution in [1.82, 2.24) is 5.32 Å². The largest absolute Gasteiger partial charge is 0.481 e. The van der Waals surface area contributed by atoms with E-state index in [-0.39, 0.29) is 0 Å². The normalized spacial score (nSPS) is 11.6. The number of hydrogen-bond donors (Lipinski definition) is 2. The third-order valence-electron chi connectivity index (χ3n) is 3.26. The molecule has 0 aliphatic rings. The zero-order valence-electron chi connectivity index (χ0n) is 11.5. The van der Waals surface area contributed by atoms with E-state index in [1.54, 1.807) is 12.1 Å². The van der Waals surface area contributed by atoms with Gasteiger partial charge in [-0.2, -0.15) is 5.26 Å². The summed E-state index contributed by atoms with van der Waals surface area (Å²) in [7, 11) is 0. The molecule has 0 radical (unpaired) electrons. The Kier molecular flexibility index (Phi) is 5.08. The SMILES string of the molecule is N#Cc1ccc(CNCC(C(=O)O)c2ccccc2)cc1. The predicted molar refractivity (Wildman–Crippen MR) is 79.7 cm³/mol. The third-order valence-corrected chi connectivity index (χ3v) is 3.26. The fraction of sp³-hybridized carbons (Fsp3) is 0.176. The number of nitrogens with one attached hydrogen (secondary N) is 1. The molecule has 4 heteroatoms. The lowest BCUT2D eigenvalue weighted by Crippen LogP contribution is -2.26. The zero-order chi connectivity index (χ0) is 15.1. The number of nitrogens with zero attached hydrogens (tertiary/aromatic N) is 1. The number of benzene rings is 2. The number of carboxylic acid groups (broad SMARTS) is 1. The minimum Gasteiger partial charge on any atom is -0.481 e. The summed E-state index contributed by atoms with van der Waals surface area (Å²) >= 11 is 0. The van der Waals surface area contributed by atoms with Crippen LogP contribution in [0.4, 0.5) is 0 Å². The van der Waals surface area contributed by atoms with Gasteiger partial charge in [-0.1, -0.05) is 42.5 Å². The van der Waals surface area contributed by atoms with Gasteiger partial charge >= 0.3 is 5.97 Å². The molecule has 0 aromatic heterocycles. The average Bonchev–Trinajstić information content (AvgIpc) is 2.52. The second-order valence-corrected chi connectivity index (χ2v) is 4.74. The Morgan fingerprint density at radius 2 is 1.81 bits per heavy atom. The maximum absolute atomic E-state index is 11.3. The van der Waals surface area contributed by atoms with Crippen LogP contribution in [-0.4, -0.2) is 17.6 Å². The minimum absolute atomic E-state index is 0.360. The zero-order valence-corrected chi connectivity index (χ0v) is 11.5. The Labute approximate surface area is 123 Å². The number of hydrogen-bond acceptors (Lipinski definition) is 3. The number of nitriles is 1. The van der Waals surface area contributed by atoms with Gasteiger partial charge in [0.25, 0.3) is 0 Å². The van der Waals surface area contributed by atoms with Gasteiger partial charge in [-0.05, 0) is 23.3 Å². The van der Waals surface area contributed by atoms with E-state index in [4.69, 9.17) is 5.26 Å². The van der Waals surface area contributed by atoms with Gasteiger partial charge in [0.2, 0.25) is 0 Å². The monoisotopic (exact) mass is 280 g/mol. The van der Waals surface area contributed by atoms with Crippen LogP contribution in [0.15, 0.2) is 54.6 Å². The number of aliphatic carboxylic acids is 1. The highest BCUT2D eigenvalue weighted by molar-refractivity contribution is 5.76. The van der Waals surface area contributed by atoms with Gasteiger partial charge in [0, 0.05) is 13.1 Å². The summed E-state index contributed by atoms with van der Waals surface area (Å²) in [5.74, 6) is -1.40. The fourth-order valence-electron chi connectivity index (χ4n) is 2.09. The van der Waals surface area contributed by atoms with E-state index < -0.39 is 11.9 Å². The molecule has 106 valence electrons. The summed E-state index contributed by atoms with van der Waals surface area (Å²) in [6.45, 7) is 0.932. The Morgan fingerprint density at radius 3 is 2.38 bits per heavy atom. The Hall–Kier alpha value is -2.64. The average molecular weight is 280 g/mol. The molecule has 21 heavy (non-hydrogen) atoms. The van der Waals surface area contributed by atoms with E-state index in [1.807, 2.05) is 42.5 Å². The van der Waals surface area contributed by atoms with Crippen LogP contribution in [0.5, 0.6) is 0 Å². The van der Waals surface area contributed by atoms with Crippen LogP contribution >= 0.6 is 0 Å². The van der Waals surface area contributed by atoms with Crippen molar-refractivity contribution >= 4 is 5.97 Å². The number of rotatable bonds is 6.